The molecule has 1 heterocycles. The number of thioether (sulfide) groups is 1. The van der Waals surface area contributed by atoms with Gasteiger partial charge in [-0.05, 0) is 26.0 Å². The minimum atomic E-state index is -0.313. The molecule has 1 saturated heterocycles. The summed E-state index contributed by atoms with van der Waals surface area (Å²) in [7, 11) is 0. The number of carbonyl (C=O) groups excluding carboxylic acids is 1. The summed E-state index contributed by atoms with van der Waals surface area (Å²) in [5.74, 6) is 0.159. The first-order valence-corrected chi connectivity index (χ1v) is 5.93. The minimum absolute atomic E-state index is 0.0188. The quantitative estimate of drug-likeness (QED) is 0.719. The van der Waals surface area contributed by atoms with Gasteiger partial charge < -0.3 is 10.0 Å². The maximum absolute atomic E-state index is 11.7. The van der Waals surface area contributed by atoms with Gasteiger partial charge in [-0.1, -0.05) is 0 Å². The van der Waals surface area contributed by atoms with Crippen LogP contribution in [0.4, 0.5) is 0 Å². The van der Waals surface area contributed by atoms with Gasteiger partial charge in [0.2, 0.25) is 5.91 Å². The molecule has 1 amide bonds. The molecule has 0 spiro atoms. The van der Waals surface area contributed by atoms with Crippen LogP contribution in [0, 0.1) is 0 Å². The van der Waals surface area contributed by atoms with E-state index in [0.717, 1.165) is 19.4 Å². The van der Waals surface area contributed by atoms with Crippen LogP contribution in [0.1, 0.15) is 19.8 Å². The van der Waals surface area contributed by atoms with Gasteiger partial charge >= 0.3 is 0 Å². The molecule has 1 fully saturated rings. The maximum Gasteiger partial charge on any atom is 0.235 e. The van der Waals surface area contributed by atoms with Gasteiger partial charge in [0, 0.05) is 13.1 Å². The number of aliphatic hydroxyl groups excluding tert-OH is 1. The number of hydrogen-bond donors (Lipinski definition) is 1. The average Bonchev–Trinajstić information content (AvgIpc) is 2.15. The average molecular weight is 203 g/mol. The Morgan fingerprint density at radius 2 is 2.38 bits per heavy atom. The number of β-amino-alcohol motifs (C(OH)–C–C–N with tert-alkyl or cyclic N) is 1. The van der Waals surface area contributed by atoms with E-state index in [4.69, 9.17) is 0 Å². The van der Waals surface area contributed by atoms with Crippen LogP contribution in [-0.2, 0) is 4.79 Å². The predicted octanol–water partition coefficient (Wildman–Crippen LogP) is 0.721. The third-order valence-corrected chi connectivity index (χ3v) is 3.32. The highest BCUT2D eigenvalue weighted by atomic mass is 32.2. The predicted molar refractivity (Wildman–Crippen MR) is 54.8 cm³/mol. The molecule has 0 radical (unpaired) electrons. The molecule has 13 heavy (non-hydrogen) atoms. The van der Waals surface area contributed by atoms with Crippen molar-refractivity contribution in [3.05, 3.63) is 0 Å². The summed E-state index contributed by atoms with van der Waals surface area (Å²) in [6.45, 7) is 3.23. The van der Waals surface area contributed by atoms with Gasteiger partial charge in [-0.3, -0.25) is 4.79 Å². The number of nitrogens with zero attached hydrogens (tertiary/aromatic N) is 1. The minimum Gasteiger partial charge on any atom is -0.391 e. The number of amides is 1. The largest absolute Gasteiger partial charge is 0.391 e. The molecule has 1 aliphatic rings. The summed E-state index contributed by atoms with van der Waals surface area (Å²) in [6.07, 6.45) is 3.38. The Bertz CT molecular complexity index is 186. The normalized spacial score (nSPS) is 25.8. The van der Waals surface area contributed by atoms with Crippen LogP contribution >= 0.6 is 11.8 Å². The van der Waals surface area contributed by atoms with E-state index in [1.165, 1.54) is 0 Å². The van der Waals surface area contributed by atoms with E-state index < -0.39 is 0 Å². The fourth-order valence-electron chi connectivity index (χ4n) is 1.51. The lowest BCUT2D eigenvalue weighted by atomic mass is 10.1. The van der Waals surface area contributed by atoms with Crippen molar-refractivity contribution in [1.82, 2.24) is 4.90 Å². The standard InChI is InChI=1S/C9H17NO2S/c1-7(13-2)9(12)10-5-3-4-8(11)6-10/h7-8,11H,3-6H2,1-2H3. The lowest BCUT2D eigenvalue weighted by Gasteiger charge is -2.31. The zero-order valence-electron chi connectivity index (χ0n) is 8.19. The highest BCUT2D eigenvalue weighted by molar-refractivity contribution is 7.99. The van der Waals surface area contributed by atoms with Gasteiger partial charge in [0.25, 0.3) is 0 Å². The molecule has 0 saturated carbocycles. The van der Waals surface area contributed by atoms with E-state index >= 15 is 0 Å². The van der Waals surface area contributed by atoms with Gasteiger partial charge in [0.15, 0.2) is 0 Å². The maximum atomic E-state index is 11.7. The van der Waals surface area contributed by atoms with Crippen LogP contribution in [0.25, 0.3) is 0 Å². The molecule has 2 atom stereocenters. The van der Waals surface area contributed by atoms with E-state index in [-0.39, 0.29) is 17.3 Å². The summed E-state index contributed by atoms with van der Waals surface area (Å²) in [6, 6.07) is 0. The lowest BCUT2D eigenvalue weighted by Crippen LogP contribution is -2.45. The summed E-state index contributed by atoms with van der Waals surface area (Å²) in [5.41, 5.74) is 0. The van der Waals surface area contributed by atoms with Gasteiger partial charge in [-0.25, -0.2) is 0 Å². The van der Waals surface area contributed by atoms with Gasteiger partial charge in [-0.2, -0.15) is 11.8 Å². The molecule has 76 valence electrons. The van der Waals surface area contributed by atoms with Crippen molar-refractivity contribution in [3.63, 3.8) is 0 Å². The Morgan fingerprint density at radius 3 is 2.92 bits per heavy atom. The Kier molecular flexibility index (Phi) is 4.06. The van der Waals surface area contributed by atoms with Crippen LogP contribution in [0.15, 0.2) is 0 Å². The molecular weight excluding hydrogens is 186 g/mol. The highest BCUT2D eigenvalue weighted by Gasteiger charge is 2.24. The van der Waals surface area contributed by atoms with Crippen molar-refractivity contribution in [3.8, 4) is 0 Å². The summed E-state index contributed by atoms with van der Waals surface area (Å²) >= 11 is 1.55. The Hall–Kier alpha value is -0.220. The van der Waals surface area contributed by atoms with Crippen LogP contribution in [-0.4, -0.2) is 46.6 Å². The third kappa shape index (κ3) is 2.88. The zero-order chi connectivity index (χ0) is 9.84. The van der Waals surface area contributed by atoms with Crippen molar-refractivity contribution >= 4 is 17.7 Å². The highest BCUT2D eigenvalue weighted by Crippen LogP contribution is 2.15. The molecule has 1 N–H and O–H groups in total. The third-order valence-electron chi connectivity index (χ3n) is 2.41. The molecule has 0 aromatic carbocycles. The molecular formula is C9H17NO2S. The molecule has 1 aliphatic heterocycles. The van der Waals surface area contributed by atoms with Crippen molar-refractivity contribution in [2.75, 3.05) is 19.3 Å². The van der Waals surface area contributed by atoms with Crippen LogP contribution in [0.5, 0.6) is 0 Å². The Labute approximate surface area is 83.5 Å². The smallest absolute Gasteiger partial charge is 0.235 e. The second kappa shape index (κ2) is 4.86. The second-order valence-corrected chi connectivity index (χ2v) is 4.64. The topological polar surface area (TPSA) is 40.5 Å². The molecule has 0 bridgehead atoms. The molecule has 0 aromatic heterocycles. The fraction of sp³-hybridized carbons (Fsp3) is 0.889. The van der Waals surface area contributed by atoms with Crippen molar-refractivity contribution in [2.24, 2.45) is 0 Å². The summed E-state index contributed by atoms with van der Waals surface area (Å²) < 4.78 is 0. The number of carbonyl (C=O) groups is 1. The number of rotatable bonds is 2. The van der Waals surface area contributed by atoms with E-state index in [9.17, 15) is 9.90 Å². The molecule has 0 aliphatic carbocycles. The fourth-order valence-corrected chi connectivity index (χ4v) is 1.86. The lowest BCUT2D eigenvalue weighted by molar-refractivity contribution is -0.133. The molecule has 2 unspecified atom stereocenters. The molecule has 4 heteroatoms. The van der Waals surface area contributed by atoms with Crippen molar-refractivity contribution in [1.29, 1.82) is 0 Å². The van der Waals surface area contributed by atoms with Gasteiger partial charge in [-0.15, -0.1) is 0 Å². The van der Waals surface area contributed by atoms with Gasteiger partial charge in [0.1, 0.15) is 0 Å². The zero-order valence-corrected chi connectivity index (χ0v) is 9.01. The summed E-state index contributed by atoms with van der Waals surface area (Å²) in [4.78, 5) is 13.4. The van der Waals surface area contributed by atoms with Crippen LogP contribution in [0.2, 0.25) is 0 Å². The number of aliphatic hydroxyl groups is 1. The monoisotopic (exact) mass is 203 g/mol. The first kappa shape index (κ1) is 10.9. The molecule has 1 rings (SSSR count). The number of piperidine rings is 1. The Morgan fingerprint density at radius 1 is 1.69 bits per heavy atom. The number of likely N-dealkylation sites (tertiary alicyclic amines) is 1. The summed E-state index contributed by atoms with van der Waals surface area (Å²) in [5, 5.41) is 9.40. The van der Waals surface area contributed by atoms with E-state index in [0.29, 0.717) is 6.54 Å². The number of hydrogen-bond acceptors (Lipinski definition) is 3. The van der Waals surface area contributed by atoms with E-state index in [2.05, 4.69) is 0 Å². The molecule has 3 nitrogen and oxygen atoms in total. The van der Waals surface area contributed by atoms with Gasteiger partial charge in [0.05, 0.1) is 11.4 Å². The van der Waals surface area contributed by atoms with E-state index in [1.54, 1.807) is 16.7 Å². The first-order chi connectivity index (χ1) is 6.15. The van der Waals surface area contributed by atoms with Crippen LogP contribution in [0.3, 0.4) is 0 Å². The first-order valence-electron chi connectivity index (χ1n) is 4.64. The van der Waals surface area contributed by atoms with Crippen molar-refractivity contribution < 1.29 is 9.90 Å². The van der Waals surface area contributed by atoms with Crippen molar-refractivity contribution in [2.45, 2.75) is 31.1 Å². The molecule has 0 aromatic rings. The van der Waals surface area contributed by atoms with E-state index in [1.807, 2.05) is 13.2 Å². The second-order valence-electron chi connectivity index (χ2n) is 3.46. The Balaban J connectivity index is 2.46. The SMILES string of the molecule is CSC(C)C(=O)N1CCCC(O)C1. The van der Waals surface area contributed by atoms with Crippen LogP contribution < -0.4 is 0 Å².